The van der Waals surface area contributed by atoms with Crippen molar-refractivity contribution in [2.45, 2.75) is 46.5 Å². The van der Waals surface area contributed by atoms with Gasteiger partial charge in [0.05, 0.1) is 0 Å². The van der Waals surface area contributed by atoms with E-state index in [1.807, 2.05) is 0 Å². The van der Waals surface area contributed by atoms with Crippen LogP contribution in [0.1, 0.15) is 46.5 Å². The molecule has 1 unspecified atom stereocenters. The number of amides is 1. The van der Waals surface area contributed by atoms with Gasteiger partial charge in [-0.2, -0.15) is 0 Å². The van der Waals surface area contributed by atoms with Crippen LogP contribution in [0.15, 0.2) is 0 Å². The molecular weight excluding hydrogens is 174 g/mol. The van der Waals surface area contributed by atoms with E-state index in [1.165, 1.54) is 6.42 Å². The zero-order valence-corrected chi connectivity index (χ0v) is 9.75. The lowest BCUT2D eigenvalue weighted by Gasteiger charge is -2.32. The van der Waals surface area contributed by atoms with Crippen LogP contribution in [0.25, 0.3) is 0 Å². The van der Waals surface area contributed by atoms with E-state index in [4.69, 9.17) is 0 Å². The van der Waals surface area contributed by atoms with Crippen LogP contribution in [0.3, 0.4) is 0 Å². The molecule has 1 atom stereocenters. The molecule has 0 aromatic rings. The molecule has 0 aromatic heterocycles. The van der Waals surface area contributed by atoms with Crippen molar-refractivity contribution < 1.29 is 4.79 Å². The number of likely N-dealkylation sites (tertiary alicyclic amines) is 1. The molecule has 0 radical (unpaired) electrons. The summed E-state index contributed by atoms with van der Waals surface area (Å²) in [6.45, 7) is 8.48. The average molecular weight is 197 g/mol. The van der Waals surface area contributed by atoms with E-state index in [9.17, 15) is 4.79 Å². The molecule has 1 saturated heterocycles. The Kier molecular flexibility index (Phi) is 4.43. The van der Waals surface area contributed by atoms with Crippen molar-refractivity contribution in [3.8, 4) is 0 Å². The lowest BCUT2D eigenvalue weighted by Crippen LogP contribution is -2.41. The summed E-state index contributed by atoms with van der Waals surface area (Å²) in [5, 5.41) is 0. The third kappa shape index (κ3) is 3.00. The molecule has 1 rings (SSSR count). The van der Waals surface area contributed by atoms with E-state index in [-0.39, 0.29) is 0 Å². The van der Waals surface area contributed by atoms with Crippen LogP contribution in [0, 0.1) is 11.8 Å². The van der Waals surface area contributed by atoms with Crippen LogP contribution in [0.5, 0.6) is 0 Å². The maximum Gasteiger partial charge on any atom is 0.225 e. The number of carbonyl (C=O) groups is 1. The van der Waals surface area contributed by atoms with Gasteiger partial charge in [0.2, 0.25) is 5.91 Å². The number of hydrogen-bond acceptors (Lipinski definition) is 1. The minimum atomic E-state index is 0.315. The first kappa shape index (κ1) is 11.5. The number of rotatable bonds is 4. The van der Waals surface area contributed by atoms with Crippen molar-refractivity contribution in [3.63, 3.8) is 0 Å². The third-order valence-electron chi connectivity index (χ3n) is 2.89. The Labute approximate surface area is 87.7 Å². The second kappa shape index (κ2) is 5.38. The van der Waals surface area contributed by atoms with E-state index in [1.54, 1.807) is 0 Å². The zero-order chi connectivity index (χ0) is 10.6. The fourth-order valence-electron chi connectivity index (χ4n) is 2.30. The number of carbonyl (C=O) groups excluding carboxylic acids is 1. The van der Waals surface area contributed by atoms with E-state index < -0.39 is 0 Å². The minimum absolute atomic E-state index is 0.315. The lowest BCUT2D eigenvalue weighted by molar-refractivity contribution is -0.139. The molecule has 0 aliphatic carbocycles. The summed E-state index contributed by atoms with van der Waals surface area (Å²) in [6, 6.07) is 0. The summed E-state index contributed by atoms with van der Waals surface area (Å²) in [5.41, 5.74) is 0. The summed E-state index contributed by atoms with van der Waals surface area (Å²) in [4.78, 5) is 14.0. The van der Waals surface area contributed by atoms with Gasteiger partial charge in [0, 0.05) is 19.0 Å². The smallest absolute Gasteiger partial charge is 0.225 e. The van der Waals surface area contributed by atoms with Gasteiger partial charge < -0.3 is 4.90 Å². The first-order chi connectivity index (χ1) is 6.65. The Bertz CT molecular complexity index is 187. The Morgan fingerprint density at radius 2 is 2.21 bits per heavy atom. The SMILES string of the molecule is CCCN1CCCC(CC(C)C)C1=O. The van der Waals surface area contributed by atoms with Gasteiger partial charge in [0.25, 0.3) is 0 Å². The van der Waals surface area contributed by atoms with Gasteiger partial charge in [0.1, 0.15) is 0 Å². The summed E-state index contributed by atoms with van der Waals surface area (Å²) in [6.07, 6.45) is 4.46. The third-order valence-corrected chi connectivity index (χ3v) is 2.89. The first-order valence-electron chi connectivity index (χ1n) is 5.94. The number of piperidine rings is 1. The maximum atomic E-state index is 12.0. The summed E-state index contributed by atoms with van der Waals surface area (Å²) in [7, 11) is 0. The molecule has 1 aliphatic rings. The minimum Gasteiger partial charge on any atom is -0.342 e. The summed E-state index contributed by atoms with van der Waals surface area (Å²) < 4.78 is 0. The highest BCUT2D eigenvalue weighted by Crippen LogP contribution is 2.24. The Hall–Kier alpha value is -0.530. The normalized spacial score (nSPS) is 23.3. The molecule has 0 N–H and O–H groups in total. The first-order valence-corrected chi connectivity index (χ1v) is 5.94. The second-order valence-electron chi connectivity index (χ2n) is 4.79. The molecule has 0 spiro atoms. The molecule has 0 saturated carbocycles. The summed E-state index contributed by atoms with van der Waals surface area (Å²) >= 11 is 0. The van der Waals surface area contributed by atoms with Crippen molar-refractivity contribution in [2.75, 3.05) is 13.1 Å². The van der Waals surface area contributed by atoms with Crippen molar-refractivity contribution in [1.29, 1.82) is 0 Å². The zero-order valence-electron chi connectivity index (χ0n) is 9.75. The highest BCUT2D eigenvalue weighted by atomic mass is 16.2. The number of hydrogen-bond donors (Lipinski definition) is 0. The lowest BCUT2D eigenvalue weighted by atomic mass is 9.89. The average Bonchev–Trinajstić information content (AvgIpc) is 2.11. The molecule has 2 nitrogen and oxygen atoms in total. The van der Waals surface area contributed by atoms with Crippen LogP contribution in [0.4, 0.5) is 0 Å². The Balaban J connectivity index is 2.48. The fourth-order valence-corrected chi connectivity index (χ4v) is 2.30. The maximum absolute atomic E-state index is 12.0. The number of nitrogens with zero attached hydrogens (tertiary/aromatic N) is 1. The molecule has 1 heterocycles. The van der Waals surface area contributed by atoms with Crippen LogP contribution < -0.4 is 0 Å². The molecule has 2 heteroatoms. The predicted molar refractivity (Wildman–Crippen MR) is 59.1 cm³/mol. The Morgan fingerprint density at radius 1 is 1.50 bits per heavy atom. The molecule has 1 aliphatic heterocycles. The molecule has 1 fully saturated rings. The van der Waals surface area contributed by atoms with E-state index in [2.05, 4.69) is 25.7 Å². The van der Waals surface area contributed by atoms with E-state index in [0.717, 1.165) is 32.4 Å². The van der Waals surface area contributed by atoms with Gasteiger partial charge >= 0.3 is 0 Å². The topological polar surface area (TPSA) is 20.3 Å². The van der Waals surface area contributed by atoms with Gasteiger partial charge in [0.15, 0.2) is 0 Å². The van der Waals surface area contributed by atoms with Crippen molar-refractivity contribution in [1.82, 2.24) is 4.90 Å². The largest absolute Gasteiger partial charge is 0.342 e. The molecule has 0 bridgehead atoms. The van der Waals surface area contributed by atoms with Crippen LogP contribution in [-0.2, 0) is 4.79 Å². The second-order valence-corrected chi connectivity index (χ2v) is 4.79. The Morgan fingerprint density at radius 3 is 2.79 bits per heavy atom. The van der Waals surface area contributed by atoms with Crippen molar-refractivity contribution in [2.24, 2.45) is 11.8 Å². The standard InChI is InChI=1S/C12H23NO/c1-4-7-13-8-5-6-11(12(13)14)9-10(2)3/h10-11H,4-9H2,1-3H3. The summed E-state index contributed by atoms with van der Waals surface area (Å²) in [5.74, 6) is 1.37. The van der Waals surface area contributed by atoms with Gasteiger partial charge in [-0.1, -0.05) is 20.8 Å². The quantitative estimate of drug-likeness (QED) is 0.678. The van der Waals surface area contributed by atoms with Crippen molar-refractivity contribution in [3.05, 3.63) is 0 Å². The van der Waals surface area contributed by atoms with Crippen LogP contribution in [-0.4, -0.2) is 23.9 Å². The van der Waals surface area contributed by atoms with Crippen LogP contribution >= 0.6 is 0 Å². The van der Waals surface area contributed by atoms with Gasteiger partial charge in [-0.05, 0) is 31.6 Å². The predicted octanol–water partition coefficient (Wildman–Crippen LogP) is 2.68. The molecular formula is C12H23NO. The highest BCUT2D eigenvalue weighted by Gasteiger charge is 2.28. The van der Waals surface area contributed by atoms with Crippen LogP contribution in [0.2, 0.25) is 0 Å². The molecule has 1 amide bonds. The van der Waals surface area contributed by atoms with Gasteiger partial charge in [-0.15, -0.1) is 0 Å². The van der Waals surface area contributed by atoms with Gasteiger partial charge in [-0.25, -0.2) is 0 Å². The monoisotopic (exact) mass is 197 g/mol. The van der Waals surface area contributed by atoms with Gasteiger partial charge in [-0.3, -0.25) is 4.79 Å². The van der Waals surface area contributed by atoms with Crippen molar-refractivity contribution >= 4 is 5.91 Å². The molecule has 82 valence electrons. The van der Waals surface area contributed by atoms with E-state index >= 15 is 0 Å². The molecule has 0 aromatic carbocycles. The van der Waals surface area contributed by atoms with E-state index in [0.29, 0.717) is 17.7 Å². The molecule has 14 heavy (non-hydrogen) atoms. The highest BCUT2D eigenvalue weighted by molar-refractivity contribution is 5.79. The fraction of sp³-hybridized carbons (Fsp3) is 0.917.